The van der Waals surface area contributed by atoms with Crippen molar-refractivity contribution in [1.82, 2.24) is 10.3 Å². The number of carbonyl (C=O) groups is 2. The van der Waals surface area contributed by atoms with Crippen molar-refractivity contribution in [2.45, 2.75) is 38.0 Å². The maximum absolute atomic E-state index is 12.4. The summed E-state index contributed by atoms with van der Waals surface area (Å²) in [5.74, 6) is -0.258. The molecule has 0 spiro atoms. The van der Waals surface area contributed by atoms with Crippen molar-refractivity contribution >= 4 is 21.9 Å². The molecule has 0 aliphatic heterocycles. The van der Waals surface area contributed by atoms with Crippen LogP contribution in [0.25, 0.3) is 0 Å². The number of methoxy groups -OCH3 is 1. The number of rotatable bonds is 12. The van der Waals surface area contributed by atoms with Crippen LogP contribution in [0.3, 0.4) is 0 Å². The largest absolute Gasteiger partial charge is 0.493 e. The number of nitrogens with one attached hydrogen (secondary N) is 2. The van der Waals surface area contributed by atoms with Gasteiger partial charge in [0.2, 0.25) is 0 Å². The van der Waals surface area contributed by atoms with Crippen LogP contribution in [-0.2, 0) is 21.2 Å². The number of hydrogen-bond acceptors (Lipinski definition) is 6. The molecule has 2 aromatic rings. The Morgan fingerprint density at radius 3 is 2.34 bits per heavy atom. The van der Waals surface area contributed by atoms with Crippen LogP contribution in [0, 0.1) is 5.92 Å². The summed E-state index contributed by atoms with van der Waals surface area (Å²) in [5, 5.41) is 8.72. The van der Waals surface area contributed by atoms with Gasteiger partial charge in [-0.1, -0.05) is 26.0 Å². The topological polar surface area (TPSA) is 131 Å². The van der Waals surface area contributed by atoms with Gasteiger partial charge in [-0.05, 0) is 54.7 Å². The minimum atomic E-state index is -4.01. The third-order valence-electron chi connectivity index (χ3n) is 4.54. The molecule has 0 atom stereocenters. The van der Waals surface area contributed by atoms with E-state index < -0.39 is 21.9 Å². The monoisotopic (exact) mass is 464 g/mol. The van der Waals surface area contributed by atoms with Crippen molar-refractivity contribution in [2.75, 3.05) is 13.7 Å². The summed E-state index contributed by atoms with van der Waals surface area (Å²) in [6.07, 6.45) is 1.11. The minimum Gasteiger partial charge on any atom is -0.493 e. The summed E-state index contributed by atoms with van der Waals surface area (Å²) in [6.45, 7) is 4.68. The minimum absolute atomic E-state index is 0.0502. The molecule has 0 unspecified atom stereocenters. The Morgan fingerprint density at radius 1 is 1.06 bits per heavy atom. The molecule has 0 fully saturated rings. The highest BCUT2D eigenvalue weighted by Gasteiger charge is 2.17. The molecular formula is C22H28N2O7S. The quantitative estimate of drug-likeness (QED) is 0.412. The number of benzene rings is 2. The van der Waals surface area contributed by atoms with Gasteiger partial charge >= 0.3 is 5.97 Å². The van der Waals surface area contributed by atoms with Crippen LogP contribution in [0.15, 0.2) is 47.4 Å². The summed E-state index contributed by atoms with van der Waals surface area (Å²) >= 11 is 0. The van der Waals surface area contributed by atoms with Gasteiger partial charge in [-0.3, -0.25) is 15.0 Å². The number of carboxylic acids is 1. The van der Waals surface area contributed by atoms with E-state index in [1.807, 2.05) is 4.83 Å². The summed E-state index contributed by atoms with van der Waals surface area (Å²) in [7, 11) is -2.56. The van der Waals surface area contributed by atoms with Crippen LogP contribution in [0.2, 0.25) is 0 Å². The zero-order valence-electron chi connectivity index (χ0n) is 18.3. The SMILES string of the molecule is COc1cc(C(=O)NNS(=O)(=O)c2ccc(CCC(=O)O)cc2)ccc1OCCC(C)C. The van der Waals surface area contributed by atoms with Crippen LogP contribution in [0.5, 0.6) is 11.5 Å². The van der Waals surface area contributed by atoms with Crippen molar-refractivity contribution in [3.05, 3.63) is 53.6 Å². The predicted molar refractivity (Wildman–Crippen MR) is 118 cm³/mol. The van der Waals surface area contributed by atoms with Gasteiger partial charge < -0.3 is 14.6 Å². The van der Waals surface area contributed by atoms with Crippen molar-refractivity contribution in [2.24, 2.45) is 5.92 Å². The molecule has 0 radical (unpaired) electrons. The van der Waals surface area contributed by atoms with Crippen molar-refractivity contribution < 1.29 is 32.6 Å². The summed E-state index contributed by atoms with van der Waals surface area (Å²) in [5.41, 5.74) is 3.05. The van der Waals surface area contributed by atoms with E-state index in [2.05, 4.69) is 19.3 Å². The first kappa shape index (κ1) is 25.2. The molecule has 9 nitrogen and oxygen atoms in total. The number of sulfonamides is 1. The Morgan fingerprint density at radius 2 is 1.75 bits per heavy atom. The Labute approximate surface area is 187 Å². The van der Waals surface area contributed by atoms with E-state index in [0.29, 0.717) is 36.0 Å². The first-order valence-electron chi connectivity index (χ1n) is 10.1. The number of hydrogen-bond donors (Lipinski definition) is 3. The second-order valence-corrected chi connectivity index (χ2v) is 9.18. The second kappa shape index (κ2) is 11.5. The number of carboxylic acid groups (broad SMARTS) is 1. The van der Waals surface area contributed by atoms with Crippen molar-refractivity contribution in [1.29, 1.82) is 0 Å². The molecule has 32 heavy (non-hydrogen) atoms. The molecule has 0 saturated carbocycles. The third kappa shape index (κ3) is 7.54. The molecule has 0 heterocycles. The number of amides is 1. The van der Waals surface area contributed by atoms with Gasteiger partial charge in [0.15, 0.2) is 11.5 Å². The lowest BCUT2D eigenvalue weighted by molar-refractivity contribution is -0.136. The molecule has 0 aliphatic rings. The van der Waals surface area contributed by atoms with Crippen LogP contribution in [0.1, 0.15) is 42.6 Å². The first-order valence-corrected chi connectivity index (χ1v) is 11.5. The lowest BCUT2D eigenvalue weighted by atomic mass is 10.1. The van der Waals surface area contributed by atoms with Crippen LogP contribution >= 0.6 is 0 Å². The normalized spacial score (nSPS) is 11.2. The standard InChI is InChI=1S/C22H28N2O7S/c1-15(2)12-13-31-19-10-7-17(14-20(19)30-3)22(27)23-24-32(28,29)18-8-4-16(5-9-18)6-11-21(25)26/h4-5,7-10,14-15,24H,6,11-13H2,1-3H3,(H,23,27)(H,25,26). The average Bonchev–Trinajstić information content (AvgIpc) is 2.76. The molecular weight excluding hydrogens is 436 g/mol. The van der Waals surface area contributed by atoms with E-state index in [1.54, 1.807) is 6.07 Å². The van der Waals surface area contributed by atoms with Crippen molar-refractivity contribution in [3.8, 4) is 11.5 Å². The summed E-state index contributed by atoms with van der Waals surface area (Å²) in [4.78, 5) is 25.0. The van der Waals surface area contributed by atoms with Crippen LogP contribution in [-0.4, -0.2) is 39.1 Å². The molecule has 10 heteroatoms. The Kier molecular flexibility index (Phi) is 9.03. The van der Waals surface area contributed by atoms with Gasteiger partial charge in [-0.15, -0.1) is 4.83 Å². The van der Waals surface area contributed by atoms with Crippen LogP contribution in [0.4, 0.5) is 0 Å². The number of ether oxygens (including phenoxy) is 2. The summed E-state index contributed by atoms with van der Waals surface area (Å²) in [6, 6.07) is 10.3. The maximum Gasteiger partial charge on any atom is 0.303 e. The van der Waals surface area contributed by atoms with Gasteiger partial charge in [0, 0.05) is 12.0 Å². The van der Waals surface area contributed by atoms with E-state index in [1.165, 1.54) is 43.5 Å². The molecule has 1 amide bonds. The zero-order chi connectivity index (χ0) is 23.7. The average molecular weight is 465 g/mol. The summed E-state index contributed by atoms with van der Waals surface area (Å²) < 4.78 is 35.8. The van der Waals surface area contributed by atoms with E-state index >= 15 is 0 Å². The molecule has 2 rings (SSSR count). The van der Waals surface area contributed by atoms with Gasteiger partial charge in [-0.25, -0.2) is 8.42 Å². The molecule has 2 aromatic carbocycles. The molecule has 3 N–H and O–H groups in total. The Balaban J connectivity index is 2.00. The van der Waals surface area contributed by atoms with Gasteiger partial charge in [0.05, 0.1) is 18.6 Å². The molecule has 0 aromatic heterocycles. The fourth-order valence-electron chi connectivity index (χ4n) is 2.66. The van der Waals surface area contributed by atoms with E-state index in [0.717, 1.165) is 6.42 Å². The molecule has 0 aliphatic carbocycles. The Hall–Kier alpha value is -3.11. The van der Waals surface area contributed by atoms with Crippen molar-refractivity contribution in [3.63, 3.8) is 0 Å². The fraction of sp³-hybridized carbons (Fsp3) is 0.364. The Bertz CT molecular complexity index is 1030. The molecule has 174 valence electrons. The molecule has 0 saturated heterocycles. The number of hydrazine groups is 1. The molecule has 0 bridgehead atoms. The predicted octanol–water partition coefficient (Wildman–Crippen LogP) is 2.76. The highest BCUT2D eigenvalue weighted by Crippen LogP contribution is 2.28. The fourth-order valence-corrected chi connectivity index (χ4v) is 3.50. The zero-order valence-corrected chi connectivity index (χ0v) is 19.1. The lowest BCUT2D eigenvalue weighted by Crippen LogP contribution is -2.41. The van der Waals surface area contributed by atoms with Crippen LogP contribution < -0.4 is 19.7 Å². The van der Waals surface area contributed by atoms with Gasteiger partial charge in [0.1, 0.15) is 0 Å². The van der Waals surface area contributed by atoms with E-state index in [-0.39, 0.29) is 16.9 Å². The van der Waals surface area contributed by atoms with E-state index in [9.17, 15) is 18.0 Å². The third-order valence-corrected chi connectivity index (χ3v) is 5.80. The smallest absolute Gasteiger partial charge is 0.303 e. The number of aliphatic carboxylic acids is 1. The number of carbonyl (C=O) groups excluding carboxylic acids is 1. The lowest BCUT2D eigenvalue weighted by Gasteiger charge is -2.13. The second-order valence-electron chi connectivity index (χ2n) is 7.49. The van der Waals surface area contributed by atoms with Gasteiger partial charge in [-0.2, -0.15) is 0 Å². The maximum atomic E-state index is 12.4. The van der Waals surface area contributed by atoms with Gasteiger partial charge in [0.25, 0.3) is 15.9 Å². The number of aryl methyl sites for hydroxylation is 1. The van der Waals surface area contributed by atoms with E-state index in [4.69, 9.17) is 14.6 Å². The highest BCUT2D eigenvalue weighted by molar-refractivity contribution is 7.89. The first-order chi connectivity index (χ1) is 15.1. The highest BCUT2D eigenvalue weighted by atomic mass is 32.2.